The lowest BCUT2D eigenvalue weighted by molar-refractivity contribution is 0.154. The molecule has 0 amide bonds. The fraction of sp³-hybridized carbons (Fsp3) is 0.200. The molecule has 4 aromatic heterocycles. The van der Waals surface area contributed by atoms with Crippen molar-refractivity contribution in [2.45, 2.75) is 38.2 Å². The van der Waals surface area contributed by atoms with Crippen LogP contribution >= 0.6 is 0 Å². The van der Waals surface area contributed by atoms with Gasteiger partial charge in [-0.1, -0.05) is 30.7 Å². The number of para-hydroxylation sites is 1. The van der Waals surface area contributed by atoms with Crippen LogP contribution in [0.4, 0.5) is 4.39 Å². The van der Waals surface area contributed by atoms with Crippen molar-refractivity contribution in [3.8, 4) is 39.7 Å². The minimum Gasteiger partial charge on any atom is -0.489 e. The molecule has 7 nitrogen and oxygen atoms in total. The van der Waals surface area contributed by atoms with E-state index in [9.17, 15) is 4.39 Å². The van der Waals surface area contributed by atoms with Crippen molar-refractivity contribution in [2.24, 2.45) is 0 Å². The molecule has 8 heteroatoms. The van der Waals surface area contributed by atoms with Crippen LogP contribution < -0.4 is 4.74 Å². The molecule has 0 radical (unpaired) electrons. The number of fused-ring (bicyclic) bond motifs is 2. The minimum atomic E-state index is -0.284. The van der Waals surface area contributed by atoms with Crippen molar-refractivity contribution in [3.05, 3.63) is 78.9 Å². The van der Waals surface area contributed by atoms with Crippen LogP contribution in [-0.4, -0.2) is 36.2 Å². The predicted octanol–water partition coefficient (Wildman–Crippen LogP) is 7.08. The van der Waals surface area contributed by atoms with E-state index in [0.29, 0.717) is 17.0 Å². The summed E-state index contributed by atoms with van der Waals surface area (Å²) in [6.07, 6.45) is 9.71. The van der Waals surface area contributed by atoms with Gasteiger partial charge in [-0.25, -0.2) is 14.4 Å². The quantitative estimate of drug-likeness (QED) is 0.262. The van der Waals surface area contributed by atoms with Gasteiger partial charge < -0.3 is 9.72 Å². The van der Waals surface area contributed by atoms with Crippen molar-refractivity contribution in [2.75, 3.05) is 0 Å². The highest BCUT2D eigenvalue weighted by Crippen LogP contribution is 2.32. The lowest BCUT2D eigenvalue weighted by Gasteiger charge is -2.22. The predicted molar refractivity (Wildman–Crippen MR) is 145 cm³/mol. The van der Waals surface area contributed by atoms with E-state index in [4.69, 9.17) is 14.7 Å². The monoisotopic (exact) mass is 504 g/mol. The van der Waals surface area contributed by atoms with Gasteiger partial charge in [-0.3, -0.25) is 10.1 Å². The maximum atomic E-state index is 13.9. The van der Waals surface area contributed by atoms with Gasteiger partial charge in [-0.15, -0.1) is 0 Å². The summed E-state index contributed by atoms with van der Waals surface area (Å²) < 4.78 is 20.1. The minimum absolute atomic E-state index is 0.252. The van der Waals surface area contributed by atoms with Gasteiger partial charge in [0.25, 0.3) is 0 Å². The molecule has 0 bridgehead atoms. The Labute approximate surface area is 218 Å². The SMILES string of the molecule is Fc1cccc(-c2cccc3[nH]c(-c4n[nH]c5ccc(-c6cncc(OC7CCCCC7)c6)nc45)nc23)c1. The second-order valence-electron chi connectivity index (χ2n) is 9.75. The molecule has 7 rings (SSSR count). The lowest BCUT2D eigenvalue weighted by atomic mass is 9.98. The second-order valence-corrected chi connectivity index (χ2v) is 9.75. The number of rotatable bonds is 5. The number of imidazole rings is 1. The molecule has 188 valence electrons. The maximum absolute atomic E-state index is 13.9. The molecule has 0 saturated heterocycles. The highest BCUT2D eigenvalue weighted by Gasteiger charge is 2.18. The fourth-order valence-corrected chi connectivity index (χ4v) is 5.26. The molecule has 0 atom stereocenters. The summed E-state index contributed by atoms with van der Waals surface area (Å²) in [7, 11) is 0. The topological polar surface area (TPSA) is 92.4 Å². The highest BCUT2D eigenvalue weighted by molar-refractivity contribution is 5.96. The smallest absolute Gasteiger partial charge is 0.161 e. The molecule has 0 unspecified atom stereocenters. The zero-order valence-corrected chi connectivity index (χ0v) is 20.6. The molecule has 4 heterocycles. The Kier molecular flexibility index (Phi) is 5.57. The molecule has 38 heavy (non-hydrogen) atoms. The van der Waals surface area contributed by atoms with Gasteiger partial charge in [0.1, 0.15) is 17.1 Å². The van der Waals surface area contributed by atoms with Crippen LogP contribution in [-0.2, 0) is 0 Å². The average molecular weight is 505 g/mol. The number of pyridine rings is 2. The molecule has 1 aliphatic carbocycles. The zero-order chi connectivity index (χ0) is 25.5. The molecule has 2 N–H and O–H groups in total. The number of aromatic nitrogens is 6. The Morgan fingerprint density at radius 1 is 0.816 bits per heavy atom. The number of aromatic amines is 2. The number of ether oxygens (including phenoxy) is 1. The Hall–Kier alpha value is -4.59. The van der Waals surface area contributed by atoms with Gasteiger partial charge in [-0.05, 0) is 67.6 Å². The first-order chi connectivity index (χ1) is 18.7. The summed E-state index contributed by atoms with van der Waals surface area (Å²) >= 11 is 0. The van der Waals surface area contributed by atoms with Gasteiger partial charge in [0.05, 0.1) is 34.5 Å². The third-order valence-corrected chi connectivity index (χ3v) is 7.14. The number of nitrogens with zero attached hydrogens (tertiary/aromatic N) is 4. The normalized spacial score (nSPS) is 14.3. The lowest BCUT2D eigenvalue weighted by Crippen LogP contribution is -2.19. The Balaban J connectivity index is 1.26. The van der Waals surface area contributed by atoms with Crippen LogP contribution in [0.3, 0.4) is 0 Å². The average Bonchev–Trinajstić information content (AvgIpc) is 3.57. The summed E-state index contributed by atoms with van der Waals surface area (Å²) in [5.41, 5.74) is 6.98. The van der Waals surface area contributed by atoms with Crippen LogP contribution in [0.25, 0.3) is 56.0 Å². The highest BCUT2D eigenvalue weighted by atomic mass is 19.1. The first-order valence-electron chi connectivity index (χ1n) is 12.9. The van der Waals surface area contributed by atoms with Gasteiger partial charge in [-0.2, -0.15) is 5.10 Å². The molecule has 0 spiro atoms. The van der Waals surface area contributed by atoms with Crippen molar-refractivity contribution in [1.82, 2.24) is 30.1 Å². The zero-order valence-electron chi connectivity index (χ0n) is 20.6. The van der Waals surface area contributed by atoms with E-state index in [-0.39, 0.29) is 11.9 Å². The van der Waals surface area contributed by atoms with E-state index in [0.717, 1.165) is 57.5 Å². The second kappa shape index (κ2) is 9.37. The molecule has 1 aliphatic rings. The Bertz CT molecular complexity index is 1770. The van der Waals surface area contributed by atoms with Gasteiger partial charge >= 0.3 is 0 Å². The number of halogens is 1. The Morgan fingerprint density at radius 3 is 2.61 bits per heavy atom. The third-order valence-electron chi connectivity index (χ3n) is 7.14. The van der Waals surface area contributed by atoms with Gasteiger partial charge in [0, 0.05) is 17.3 Å². The van der Waals surface area contributed by atoms with Crippen LogP contribution in [0.1, 0.15) is 32.1 Å². The number of benzene rings is 2. The van der Waals surface area contributed by atoms with E-state index >= 15 is 0 Å². The van der Waals surface area contributed by atoms with Crippen molar-refractivity contribution in [1.29, 1.82) is 0 Å². The van der Waals surface area contributed by atoms with E-state index in [1.54, 1.807) is 18.5 Å². The van der Waals surface area contributed by atoms with Crippen LogP contribution in [0.5, 0.6) is 5.75 Å². The summed E-state index contributed by atoms with van der Waals surface area (Å²) in [5.74, 6) is 1.08. The number of nitrogens with one attached hydrogen (secondary N) is 2. The summed E-state index contributed by atoms with van der Waals surface area (Å²) in [4.78, 5) is 17.6. The largest absolute Gasteiger partial charge is 0.489 e. The first-order valence-corrected chi connectivity index (χ1v) is 12.9. The van der Waals surface area contributed by atoms with Crippen LogP contribution in [0, 0.1) is 5.82 Å². The standard InChI is InChI=1S/C30H25FN6O/c31-20-7-4-6-18(14-20)23-10-5-11-25-27(23)35-30(34-25)29-28-26(36-37-29)13-12-24(33-28)19-15-22(17-32-16-19)38-21-8-2-1-3-9-21/h4-7,10-17,21H,1-3,8-9H2,(H,34,35)(H,36,37). The summed E-state index contributed by atoms with van der Waals surface area (Å²) in [6.45, 7) is 0. The van der Waals surface area contributed by atoms with Crippen LogP contribution in [0.15, 0.2) is 73.1 Å². The first kappa shape index (κ1) is 22.6. The molecule has 1 fully saturated rings. The molecular formula is C30H25FN6O. The Morgan fingerprint density at radius 2 is 1.71 bits per heavy atom. The van der Waals surface area contributed by atoms with Crippen LogP contribution in [0.2, 0.25) is 0 Å². The molecular weight excluding hydrogens is 479 g/mol. The summed E-state index contributed by atoms with van der Waals surface area (Å²) in [5, 5.41) is 7.59. The number of H-pyrrole nitrogens is 2. The van der Waals surface area contributed by atoms with Gasteiger partial charge in [0.15, 0.2) is 11.5 Å². The van der Waals surface area contributed by atoms with Crippen molar-refractivity contribution < 1.29 is 9.13 Å². The van der Waals surface area contributed by atoms with Crippen molar-refractivity contribution in [3.63, 3.8) is 0 Å². The fourth-order valence-electron chi connectivity index (χ4n) is 5.26. The number of hydrogen-bond acceptors (Lipinski definition) is 5. The number of hydrogen-bond donors (Lipinski definition) is 2. The van der Waals surface area contributed by atoms with Crippen molar-refractivity contribution >= 4 is 22.1 Å². The molecule has 2 aromatic carbocycles. The van der Waals surface area contributed by atoms with E-state index < -0.39 is 0 Å². The molecule has 1 saturated carbocycles. The molecule has 6 aromatic rings. The maximum Gasteiger partial charge on any atom is 0.161 e. The third kappa shape index (κ3) is 4.18. The van der Waals surface area contributed by atoms with Gasteiger partial charge in [0.2, 0.25) is 0 Å². The van der Waals surface area contributed by atoms with E-state index in [1.165, 1.54) is 31.4 Å². The van der Waals surface area contributed by atoms with E-state index in [1.807, 2.05) is 42.5 Å². The summed E-state index contributed by atoms with van der Waals surface area (Å²) in [6, 6.07) is 18.3. The molecule has 0 aliphatic heterocycles. The van der Waals surface area contributed by atoms with E-state index in [2.05, 4.69) is 20.2 Å².